The first-order valence-corrected chi connectivity index (χ1v) is 8.09. The molecule has 0 unspecified atom stereocenters. The van der Waals surface area contributed by atoms with Crippen LogP contribution in [0.15, 0.2) is 34.9 Å². The Morgan fingerprint density at radius 1 is 1.30 bits per heavy atom. The number of hydrogen-bond donors (Lipinski definition) is 0. The molecule has 2 aromatic heterocycles. The second-order valence-corrected chi connectivity index (χ2v) is 6.35. The van der Waals surface area contributed by atoms with Crippen molar-refractivity contribution in [3.05, 3.63) is 40.6 Å². The van der Waals surface area contributed by atoms with Crippen molar-refractivity contribution in [2.75, 3.05) is 0 Å². The summed E-state index contributed by atoms with van der Waals surface area (Å²) < 4.78 is 8.54. The number of nitriles is 1. The summed E-state index contributed by atoms with van der Waals surface area (Å²) in [4.78, 5) is 4.00. The van der Waals surface area contributed by atoms with E-state index in [0.29, 0.717) is 17.2 Å². The molecule has 0 aliphatic heterocycles. The van der Waals surface area contributed by atoms with Gasteiger partial charge < -0.3 is 4.74 Å². The number of halogens is 1. The molecule has 0 atom stereocenters. The van der Waals surface area contributed by atoms with Crippen LogP contribution in [0.25, 0.3) is 11.0 Å². The van der Waals surface area contributed by atoms with Crippen LogP contribution in [-0.4, -0.2) is 20.0 Å². The van der Waals surface area contributed by atoms with Gasteiger partial charge in [-0.25, -0.2) is 9.67 Å². The van der Waals surface area contributed by atoms with Crippen LogP contribution in [0.1, 0.15) is 18.5 Å². The van der Waals surface area contributed by atoms with Crippen LogP contribution < -0.4 is 4.74 Å². The lowest BCUT2D eigenvalue weighted by Crippen LogP contribution is -2.01. The summed E-state index contributed by atoms with van der Waals surface area (Å²) in [6.07, 6.45) is 4.07. The molecule has 6 nitrogen and oxygen atoms in total. The van der Waals surface area contributed by atoms with Crippen molar-refractivity contribution in [3.63, 3.8) is 0 Å². The number of benzene rings is 1. The molecule has 0 bridgehead atoms. The molecular formula is C16H12BrN5O. The van der Waals surface area contributed by atoms with Crippen LogP contribution in [0.5, 0.6) is 11.5 Å². The molecule has 0 amide bonds. The van der Waals surface area contributed by atoms with Crippen LogP contribution in [0, 0.1) is 17.2 Å². The Kier molecular flexibility index (Phi) is 3.46. The largest absolute Gasteiger partial charge is 0.454 e. The summed E-state index contributed by atoms with van der Waals surface area (Å²) in [5.74, 6) is 1.94. The van der Waals surface area contributed by atoms with E-state index in [4.69, 9.17) is 10.00 Å². The third kappa shape index (κ3) is 2.78. The standard InChI is InChI=1S/C16H12BrN5O/c17-15-14(23-12-4-3-11(7-18)19-8-12)6-5-13-16(15)20-21-22(13)9-10-1-2-10/h3-6,8,10H,1-2,9H2. The normalized spacial score (nSPS) is 13.9. The zero-order chi connectivity index (χ0) is 15.8. The molecule has 2 heterocycles. The van der Waals surface area contributed by atoms with Gasteiger partial charge in [0.15, 0.2) is 0 Å². The van der Waals surface area contributed by atoms with E-state index in [-0.39, 0.29) is 0 Å². The van der Waals surface area contributed by atoms with Gasteiger partial charge in [0, 0.05) is 6.54 Å². The number of pyridine rings is 1. The fourth-order valence-corrected chi connectivity index (χ4v) is 2.87. The van der Waals surface area contributed by atoms with Gasteiger partial charge in [0.25, 0.3) is 0 Å². The highest BCUT2D eigenvalue weighted by Gasteiger charge is 2.23. The van der Waals surface area contributed by atoms with Gasteiger partial charge in [-0.2, -0.15) is 5.26 Å². The zero-order valence-electron chi connectivity index (χ0n) is 12.1. The molecule has 4 rings (SSSR count). The van der Waals surface area contributed by atoms with Crippen molar-refractivity contribution in [3.8, 4) is 17.6 Å². The maximum atomic E-state index is 8.77. The predicted octanol–water partition coefficient (Wildman–Crippen LogP) is 3.66. The van der Waals surface area contributed by atoms with E-state index in [1.165, 1.54) is 19.0 Å². The Balaban J connectivity index is 1.64. The van der Waals surface area contributed by atoms with Crippen molar-refractivity contribution < 1.29 is 4.74 Å². The average molecular weight is 370 g/mol. The Labute approximate surface area is 140 Å². The molecule has 23 heavy (non-hydrogen) atoms. The number of hydrogen-bond acceptors (Lipinski definition) is 5. The van der Waals surface area contributed by atoms with Gasteiger partial charge in [-0.05, 0) is 59.0 Å². The number of nitrogens with zero attached hydrogens (tertiary/aromatic N) is 5. The van der Waals surface area contributed by atoms with Gasteiger partial charge in [0.2, 0.25) is 0 Å². The molecule has 1 saturated carbocycles. The maximum Gasteiger partial charge on any atom is 0.145 e. The average Bonchev–Trinajstić information content (AvgIpc) is 3.30. The van der Waals surface area contributed by atoms with E-state index < -0.39 is 0 Å². The van der Waals surface area contributed by atoms with Crippen molar-refractivity contribution >= 4 is 27.0 Å². The predicted molar refractivity (Wildman–Crippen MR) is 87.0 cm³/mol. The highest BCUT2D eigenvalue weighted by atomic mass is 79.9. The summed E-state index contributed by atoms with van der Waals surface area (Å²) in [5.41, 5.74) is 2.13. The van der Waals surface area contributed by atoms with Gasteiger partial charge >= 0.3 is 0 Å². The smallest absolute Gasteiger partial charge is 0.145 e. The van der Waals surface area contributed by atoms with Crippen LogP contribution in [0.3, 0.4) is 0 Å². The fourth-order valence-electron chi connectivity index (χ4n) is 2.38. The summed E-state index contributed by atoms with van der Waals surface area (Å²) in [5, 5.41) is 17.3. The minimum absolute atomic E-state index is 0.356. The zero-order valence-corrected chi connectivity index (χ0v) is 13.7. The molecule has 114 valence electrons. The Morgan fingerprint density at radius 2 is 2.17 bits per heavy atom. The quantitative estimate of drug-likeness (QED) is 0.701. The van der Waals surface area contributed by atoms with Gasteiger partial charge in [-0.15, -0.1) is 5.10 Å². The van der Waals surface area contributed by atoms with E-state index in [2.05, 4.69) is 31.2 Å². The lowest BCUT2D eigenvalue weighted by molar-refractivity contribution is 0.478. The lowest BCUT2D eigenvalue weighted by atomic mass is 10.3. The minimum Gasteiger partial charge on any atom is -0.454 e. The number of rotatable bonds is 4. The third-order valence-electron chi connectivity index (χ3n) is 3.80. The van der Waals surface area contributed by atoms with E-state index in [1.807, 2.05) is 22.9 Å². The van der Waals surface area contributed by atoms with E-state index in [1.54, 1.807) is 12.1 Å². The molecule has 1 aromatic carbocycles. The van der Waals surface area contributed by atoms with Gasteiger partial charge in [0.1, 0.15) is 28.8 Å². The number of fused-ring (bicyclic) bond motifs is 1. The lowest BCUT2D eigenvalue weighted by Gasteiger charge is -2.08. The van der Waals surface area contributed by atoms with E-state index in [9.17, 15) is 0 Å². The van der Waals surface area contributed by atoms with Crippen molar-refractivity contribution in [1.82, 2.24) is 20.0 Å². The maximum absolute atomic E-state index is 8.77. The third-order valence-corrected chi connectivity index (χ3v) is 4.56. The minimum atomic E-state index is 0.356. The van der Waals surface area contributed by atoms with Gasteiger partial charge in [-0.3, -0.25) is 0 Å². The Morgan fingerprint density at radius 3 is 2.87 bits per heavy atom. The summed E-state index contributed by atoms with van der Waals surface area (Å²) >= 11 is 3.55. The van der Waals surface area contributed by atoms with Crippen LogP contribution >= 0.6 is 15.9 Å². The first kappa shape index (κ1) is 14.2. The fraction of sp³-hybridized carbons (Fsp3) is 0.250. The highest BCUT2D eigenvalue weighted by molar-refractivity contribution is 9.10. The molecule has 0 spiro atoms. The molecule has 0 radical (unpaired) electrons. The SMILES string of the molecule is N#Cc1ccc(Oc2ccc3c(nnn3CC3CC3)c2Br)cn1. The second kappa shape index (κ2) is 5.63. The monoisotopic (exact) mass is 369 g/mol. The molecule has 1 fully saturated rings. The van der Waals surface area contributed by atoms with E-state index in [0.717, 1.165) is 28.0 Å². The molecule has 0 saturated heterocycles. The first-order chi connectivity index (χ1) is 11.2. The van der Waals surface area contributed by atoms with E-state index >= 15 is 0 Å². The summed E-state index contributed by atoms with van der Waals surface area (Å²) in [7, 11) is 0. The van der Waals surface area contributed by atoms with Crippen molar-refractivity contribution in [2.45, 2.75) is 19.4 Å². The Bertz CT molecular complexity index is 909. The van der Waals surface area contributed by atoms with Crippen molar-refractivity contribution in [1.29, 1.82) is 5.26 Å². The first-order valence-electron chi connectivity index (χ1n) is 7.30. The molecule has 1 aliphatic rings. The summed E-state index contributed by atoms with van der Waals surface area (Å²) in [6, 6.07) is 9.17. The highest BCUT2D eigenvalue weighted by Crippen LogP contribution is 2.36. The van der Waals surface area contributed by atoms with Crippen LogP contribution in [0.2, 0.25) is 0 Å². The number of aromatic nitrogens is 4. The molecule has 1 aliphatic carbocycles. The molecule has 0 N–H and O–H groups in total. The van der Waals surface area contributed by atoms with Gasteiger partial charge in [-0.1, -0.05) is 5.21 Å². The summed E-state index contributed by atoms with van der Waals surface area (Å²) in [6.45, 7) is 0.919. The molecular weight excluding hydrogens is 358 g/mol. The van der Waals surface area contributed by atoms with Crippen LogP contribution in [-0.2, 0) is 6.54 Å². The number of ether oxygens (including phenoxy) is 1. The molecule has 3 aromatic rings. The second-order valence-electron chi connectivity index (χ2n) is 5.55. The molecule has 7 heteroatoms. The topological polar surface area (TPSA) is 76.6 Å². The van der Waals surface area contributed by atoms with Crippen LogP contribution in [0.4, 0.5) is 0 Å². The van der Waals surface area contributed by atoms with Gasteiger partial charge in [0.05, 0.1) is 16.2 Å². The Hall–Kier alpha value is -2.46. The van der Waals surface area contributed by atoms with Crippen molar-refractivity contribution in [2.24, 2.45) is 5.92 Å².